The topological polar surface area (TPSA) is 50.2 Å². The first kappa shape index (κ1) is 18.3. The van der Waals surface area contributed by atoms with E-state index in [-0.39, 0.29) is 24.3 Å². The maximum Gasteiger partial charge on any atom is 0.234 e. The summed E-state index contributed by atoms with van der Waals surface area (Å²) in [7, 11) is 3.76. The summed E-state index contributed by atoms with van der Waals surface area (Å²) in [5, 5.41) is 9.17. The predicted octanol–water partition coefficient (Wildman–Crippen LogP) is 2.96. The SMILES string of the molecule is CN(CC(=O)NC(c1ccc(F)cc1)c1cccs1)Cc1cnn(C)c1. The van der Waals surface area contributed by atoms with E-state index in [9.17, 15) is 9.18 Å². The van der Waals surface area contributed by atoms with Gasteiger partial charge in [0.15, 0.2) is 0 Å². The van der Waals surface area contributed by atoms with Crippen LogP contribution in [-0.2, 0) is 18.4 Å². The Kier molecular flexibility index (Phi) is 5.80. The molecule has 2 heterocycles. The highest BCUT2D eigenvalue weighted by Gasteiger charge is 2.19. The first-order valence-electron chi connectivity index (χ1n) is 8.25. The van der Waals surface area contributed by atoms with Gasteiger partial charge in [0, 0.05) is 30.2 Å². The molecule has 0 saturated heterocycles. The zero-order valence-electron chi connectivity index (χ0n) is 14.7. The summed E-state index contributed by atoms with van der Waals surface area (Å²) in [4.78, 5) is 15.5. The second-order valence-electron chi connectivity index (χ2n) is 6.26. The molecule has 1 N–H and O–H groups in total. The van der Waals surface area contributed by atoms with E-state index in [4.69, 9.17) is 0 Å². The summed E-state index contributed by atoms with van der Waals surface area (Å²) in [6.07, 6.45) is 3.72. The minimum atomic E-state index is -0.291. The number of carbonyl (C=O) groups is 1. The fourth-order valence-electron chi connectivity index (χ4n) is 2.80. The van der Waals surface area contributed by atoms with Crippen LogP contribution in [0.15, 0.2) is 54.2 Å². The first-order valence-corrected chi connectivity index (χ1v) is 9.13. The number of carbonyl (C=O) groups excluding carboxylic acids is 1. The van der Waals surface area contributed by atoms with Gasteiger partial charge in [-0.05, 0) is 36.2 Å². The van der Waals surface area contributed by atoms with Crippen molar-refractivity contribution < 1.29 is 9.18 Å². The molecule has 1 amide bonds. The number of hydrogen-bond acceptors (Lipinski definition) is 4. The van der Waals surface area contributed by atoms with Gasteiger partial charge in [-0.2, -0.15) is 5.10 Å². The Hall–Kier alpha value is -2.51. The number of likely N-dealkylation sites (N-methyl/N-ethyl adjacent to an activating group) is 1. The zero-order valence-corrected chi connectivity index (χ0v) is 15.5. The van der Waals surface area contributed by atoms with E-state index >= 15 is 0 Å². The average Bonchev–Trinajstić information content (AvgIpc) is 3.25. The maximum absolute atomic E-state index is 13.2. The monoisotopic (exact) mass is 372 g/mol. The molecule has 0 aliphatic rings. The smallest absolute Gasteiger partial charge is 0.234 e. The normalized spacial score (nSPS) is 12.3. The number of halogens is 1. The van der Waals surface area contributed by atoms with Crippen LogP contribution in [-0.4, -0.2) is 34.2 Å². The molecule has 0 spiro atoms. The highest BCUT2D eigenvalue weighted by atomic mass is 32.1. The highest BCUT2D eigenvalue weighted by molar-refractivity contribution is 7.10. The third kappa shape index (κ3) is 4.77. The molecule has 0 radical (unpaired) electrons. The predicted molar refractivity (Wildman–Crippen MR) is 100 cm³/mol. The molecule has 1 aromatic carbocycles. The lowest BCUT2D eigenvalue weighted by Gasteiger charge is -2.21. The molecule has 26 heavy (non-hydrogen) atoms. The lowest BCUT2D eigenvalue weighted by atomic mass is 10.1. The van der Waals surface area contributed by atoms with Crippen molar-refractivity contribution in [3.63, 3.8) is 0 Å². The Morgan fingerprint density at radius 1 is 1.35 bits per heavy atom. The van der Waals surface area contributed by atoms with Crippen molar-refractivity contribution in [1.82, 2.24) is 20.0 Å². The number of amides is 1. The van der Waals surface area contributed by atoms with Crippen molar-refractivity contribution >= 4 is 17.2 Å². The molecular formula is C19H21FN4OS. The van der Waals surface area contributed by atoms with Gasteiger partial charge in [0.25, 0.3) is 0 Å². The second kappa shape index (κ2) is 8.25. The molecule has 0 bridgehead atoms. The van der Waals surface area contributed by atoms with Crippen LogP contribution in [0.2, 0.25) is 0 Å². The van der Waals surface area contributed by atoms with E-state index < -0.39 is 0 Å². The Labute approximate surface area is 156 Å². The third-order valence-corrected chi connectivity index (χ3v) is 4.90. The van der Waals surface area contributed by atoms with E-state index in [1.807, 2.05) is 42.7 Å². The minimum absolute atomic E-state index is 0.0842. The van der Waals surface area contributed by atoms with E-state index in [0.29, 0.717) is 6.54 Å². The summed E-state index contributed by atoms with van der Waals surface area (Å²) in [6.45, 7) is 0.902. The van der Waals surface area contributed by atoms with E-state index in [0.717, 1.165) is 16.0 Å². The second-order valence-corrected chi connectivity index (χ2v) is 7.24. The first-order chi connectivity index (χ1) is 12.5. The van der Waals surface area contributed by atoms with Crippen LogP contribution in [0.25, 0.3) is 0 Å². The fourth-order valence-corrected chi connectivity index (χ4v) is 3.60. The van der Waals surface area contributed by atoms with Crippen molar-refractivity contribution in [2.24, 2.45) is 7.05 Å². The molecule has 2 aromatic heterocycles. The van der Waals surface area contributed by atoms with E-state index in [1.165, 1.54) is 12.1 Å². The van der Waals surface area contributed by atoms with Gasteiger partial charge in [-0.15, -0.1) is 11.3 Å². The molecule has 136 valence electrons. The van der Waals surface area contributed by atoms with Gasteiger partial charge in [-0.25, -0.2) is 4.39 Å². The van der Waals surface area contributed by atoms with Gasteiger partial charge < -0.3 is 5.32 Å². The summed E-state index contributed by atoms with van der Waals surface area (Å²) >= 11 is 1.56. The minimum Gasteiger partial charge on any atom is -0.343 e. The summed E-state index contributed by atoms with van der Waals surface area (Å²) in [5.41, 5.74) is 1.91. The average molecular weight is 372 g/mol. The lowest BCUT2D eigenvalue weighted by molar-refractivity contribution is -0.122. The molecule has 3 aromatic rings. The lowest BCUT2D eigenvalue weighted by Crippen LogP contribution is -2.37. The van der Waals surface area contributed by atoms with Crippen molar-refractivity contribution in [2.45, 2.75) is 12.6 Å². The highest BCUT2D eigenvalue weighted by Crippen LogP contribution is 2.26. The van der Waals surface area contributed by atoms with Crippen LogP contribution in [0, 0.1) is 5.82 Å². The van der Waals surface area contributed by atoms with Crippen LogP contribution in [0.3, 0.4) is 0 Å². The molecule has 7 heteroatoms. The zero-order chi connectivity index (χ0) is 18.5. The molecular weight excluding hydrogens is 351 g/mol. The van der Waals surface area contributed by atoms with Gasteiger partial charge in [0.05, 0.1) is 18.8 Å². The Balaban J connectivity index is 1.66. The number of nitrogens with one attached hydrogen (secondary N) is 1. The molecule has 0 saturated carbocycles. The molecule has 3 rings (SSSR count). The number of aromatic nitrogens is 2. The quantitative estimate of drug-likeness (QED) is 0.694. The fraction of sp³-hybridized carbons (Fsp3) is 0.263. The number of rotatable bonds is 7. The summed E-state index contributed by atoms with van der Waals surface area (Å²) < 4.78 is 15.0. The van der Waals surface area contributed by atoms with Crippen molar-refractivity contribution in [1.29, 1.82) is 0 Å². The van der Waals surface area contributed by atoms with Crippen LogP contribution in [0.5, 0.6) is 0 Å². The molecule has 0 aliphatic heterocycles. The summed E-state index contributed by atoms with van der Waals surface area (Å²) in [5.74, 6) is -0.375. The van der Waals surface area contributed by atoms with Gasteiger partial charge >= 0.3 is 0 Å². The Bertz CT molecular complexity index is 845. The van der Waals surface area contributed by atoms with Gasteiger partial charge in [0.1, 0.15) is 5.82 Å². The molecule has 0 aliphatic carbocycles. The molecule has 0 fully saturated rings. The molecule has 5 nitrogen and oxygen atoms in total. The van der Waals surface area contributed by atoms with Crippen molar-refractivity contribution in [3.05, 3.63) is 76.0 Å². The van der Waals surface area contributed by atoms with Gasteiger partial charge in [0.2, 0.25) is 5.91 Å². The standard InChI is InChI=1S/C19H21FN4OS/c1-23(11-14-10-21-24(2)12-14)13-18(25)22-19(17-4-3-9-26-17)15-5-7-16(20)8-6-15/h3-10,12,19H,11,13H2,1-2H3,(H,22,25). The van der Waals surface area contributed by atoms with E-state index in [2.05, 4.69) is 10.4 Å². The molecule has 1 unspecified atom stereocenters. The number of nitrogens with zero attached hydrogens (tertiary/aromatic N) is 3. The van der Waals surface area contributed by atoms with Crippen molar-refractivity contribution in [2.75, 3.05) is 13.6 Å². The van der Waals surface area contributed by atoms with Gasteiger partial charge in [-0.3, -0.25) is 14.4 Å². The Morgan fingerprint density at radius 2 is 2.12 bits per heavy atom. The number of aryl methyl sites for hydroxylation is 1. The largest absolute Gasteiger partial charge is 0.343 e. The van der Waals surface area contributed by atoms with Crippen LogP contribution in [0.4, 0.5) is 4.39 Å². The van der Waals surface area contributed by atoms with Crippen LogP contribution in [0.1, 0.15) is 22.0 Å². The maximum atomic E-state index is 13.2. The van der Waals surface area contributed by atoms with Crippen LogP contribution >= 0.6 is 11.3 Å². The van der Waals surface area contributed by atoms with E-state index in [1.54, 1.807) is 34.3 Å². The van der Waals surface area contributed by atoms with Gasteiger partial charge in [-0.1, -0.05) is 18.2 Å². The third-order valence-electron chi connectivity index (χ3n) is 3.96. The summed E-state index contributed by atoms with van der Waals surface area (Å²) in [6, 6.07) is 9.87. The number of thiophene rings is 1. The van der Waals surface area contributed by atoms with Crippen LogP contribution < -0.4 is 5.32 Å². The number of benzene rings is 1. The van der Waals surface area contributed by atoms with Crippen molar-refractivity contribution in [3.8, 4) is 0 Å². The Morgan fingerprint density at radius 3 is 2.73 bits per heavy atom. The number of hydrogen-bond donors (Lipinski definition) is 1. The molecule has 1 atom stereocenters.